The number of hydrogen-bond acceptors (Lipinski definition) is 7. The van der Waals surface area contributed by atoms with Crippen molar-refractivity contribution in [2.45, 2.75) is 13.2 Å². The first kappa shape index (κ1) is 22.3. The highest BCUT2D eigenvalue weighted by atomic mass is 16.5. The minimum atomic E-state index is 0.398. The molecule has 0 aliphatic heterocycles. The predicted octanol–water partition coefficient (Wildman–Crippen LogP) is 4.06. The summed E-state index contributed by atoms with van der Waals surface area (Å²) in [5.41, 5.74) is 11.5. The van der Waals surface area contributed by atoms with Crippen LogP contribution in [0.4, 0.5) is 5.95 Å². The molecule has 0 atom stereocenters. The Morgan fingerprint density at radius 3 is 2.40 bits per heavy atom. The van der Waals surface area contributed by atoms with Gasteiger partial charge in [0.2, 0.25) is 5.95 Å². The highest BCUT2D eigenvalue weighted by molar-refractivity contribution is 5.78. The van der Waals surface area contributed by atoms with E-state index in [1.165, 1.54) is 0 Å². The number of aryl methyl sites for hydroxylation is 1. The molecule has 5 rings (SSSR count). The number of benzene rings is 2. The Kier molecular flexibility index (Phi) is 5.97. The Balaban J connectivity index is 1.38. The number of nitrogens with zero attached hydrogens (tertiary/aromatic N) is 5. The van der Waals surface area contributed by atoms with Crippen molar-refractivity contribution >= 4 is 17.1 Å². The van der Waals surface area contributed by atoms with E-state index in [4.69, 9.17) is 24.9 Å². The monoisotopic (exact) mass is 470 g/mol. The quantitative estimate of drug-likeness (QED) is 0.365. The summed E-state index contributed by atoms with van der Waals surface area (Å²) < 4.78 is 20.5. The van der Waals surface area contributed by atoms with E-state index in [-0.39, 0.29) is 0 Å². The van der Waals surface area contributed by atoms with Crippen LogP contribution in [0.5, 0.6) is 17.2 Å². The van der Waals surface area contributed by atoms with E-state index in [0.717, 1.165) is 33.7 Å². The molecule has 9 heteroatoms. The van der Waals surface area contributed by atoms with Gasteiger partial charge in [-0.2, -0.15) is 5.10 Å². The van der Waals surface area contributed by atoms with E-state index >= 15 is 0 Å². The zero-order chi connectivity index (χ0) is 24.4. The number of nitrogens with two attached hydrogens (primary N) is 1. The molecule has 0 radical (unpaired) electrons. The molecule has 2 aromatic carbocycles. The predicted molar refractivity (Wildman–Crippen MR) is 134 cm³/mol. The van der Waals surface area contributed by atoms with Gasteiger partial charge in [0.15, 0.2) is 17.1 Å². The number of nitrogen functional groups attached to an aromatic ring is 1. The molecular weight excluding hydrogens is 444 g/mol. The Labute approximate surface area is 202 Å². The lowest BCUT2D eigenvalue weighted by molar-refractivity contribution is 0.284. The third-order valence-corrected chi connectivity index (χ3v) is 5.74. The lowest BCUT2D eigenvalue weighted by Gasteiger charge is -2.13. The van der Waals surface area contributed by atoms with Crippen LogP contribution in [0.25, 0.3) is 22.4 Å². The fraction of sp³-hybridized carbons (Fsp3) is 0.192. The molecule has 178 valence electrons. The second-order valence-corrected chi connectivity index (χ2v) is 8.12. The molecule has 5 aromatic rings. The maximum atomic E-state index is 6.26. The van der Waals surface area contributed by atoms with Crippen LogP contribution in [0.1, 0.15) is 11.1 Å². The lowest BCUT2D eigenvalue weighted by atomic mass is 10.2. The van der Waals surface area contributed by atoms with Crippen LogP contribution in [-0.2, 0) is 20.2 Å². The third kappa shape index (κ3) is 4.61. The van der Waals surface area contributed by atoms with Gasteiger partial charge < -0.3 is 19.9 Å². The highest BCUT2D eigenvalue weighted by Crippen LogP contribution is 2.30. The molecule has 0 fully saturated rings. The average molecular weight is 471 g/mol. The van der Waals surface area contributed by atoms with Gasteiger partial charge in [0, 0.05) is 18.8 Å². The topological polar surface area (TPSA) is 102 Å². The normalized spacial score (nSPS) is 11.1. The molecule has 0 saturated carbocycles. The van der Waals surface area contributed by atoms with Crippen molar-refractivity contribution in [1.29, 1.82) is 0 Å². The number of hydrogen-bond donors (Lipinski definition) is 1. The Morgan fingerprint density at radius 2 is 1.69 bits per heavy atom. The number of fused-ring (bicyclic) bond motifs is 1. The molecule has 0 unspecified atom stereocenters. The summed E-state index contributed by atoms with van der Waals surface area (Å²) in [6.45, 7) is 0.904. The van der Waals surface area contributed by atoms with Crippen molar-refractivity contribution in [3.63, 3.8) is 0 Å². The maximum absolute atomic E-state index is 6.26. The molecule has 3 heterocycles. The Morgan fingerprint density at radius 1 is 0.886 bits per heavy atom. The van der Waals surface area contributed by atoms with Crippen LogP contribution >= 0.6 is 0 Å². The summed E-state index contributed by atoms with van der Waals surface area (Å²) in [6, 6.07) is 17.4. The smallest absolute Gasteiger partial charge is 0.202 e. The summed E-state index contributed by atoms with van der Waals surface area (Å²) in [4.78, 5) is 9.29. The summed E-state index contributed by atoms with van der Waals surface area (Å²) in [7, 11) is 5.15. The van der Waals surface area contributed by atoms with Gasteiger partial charge in [-0.3, -0.25) is 9.25 Å². The number of methoxy groups -OCH3 is 2. The van der Waals surface area contributed by atoms with Gasteiger partial charge >= 0.3 is 0 Å². The van der Waals surface area contributed by atoms with E-state index in [1.54, 1.807) is 25.1 Å². The van der Waals surface area contributed by atoms with Gasteiger partial charge in [0.05, 0.1) is 32.7 Å². The summed E-state index contributed by atoms with van der Waals surface area (Å²) in [5.74, 6) is 2.51. The van der Waals surface area contributed by atoms with Gasteiger partial charge in [-0.25, -0.2) is 9.97 Å². The van der Waals surface area contributed by atoms with Gasteiger partial charge in [-0.05, 0) is 47.5 Å². The molecule has 0 aliphatic carbocycles. The number of rotatable bonds is 8. The van der Waals surface area contributed by atoms with E-state index in [9.17, 15) is 0 Å². The van der Waals surface area contributed by atoms with E-state index in [0.29, 0.717) is 36.2 Å². The van der Waals surface area contributed by atoms with E-state index < -0.39 is 0 Å². The molecule has 3 aromatic heterocycles. The van der Waals surface area contributed by atoms with Crippen molar-refractivity contribution < 1.29 is 14.2 Å². The molecule has 0 bridgehead atoms. The third-order valence-electron chi connectivity index (χ3n) is 5.74. The fourth-order valence-electron chi connectivity index (χ4n) is 3.88. The highest BCUT2D eigenvalue weighted by Gasteiger charge is 2.14. The van der Waals surface area contributed by atoms with Crippen LogP contribution in [0.3, 0.4) is 0 Å². The van der Waals surface area contributed by atoms with Crippen molar-refractivity contribution in [2.75, 3.05) is 20.0 Å². The number of imidazole rings is 1. The second kappa shape index (κ2) is 9.38. The molecular formula is C26H26N6O3. The maximum Gasteiger partial charge on any atom is 0.202 e. The van der Waals surface area contributed by atoms with Crippen LogP contribution in [0, 0.1) is 0 Å². The first-order valence-electron chi connectivity index (χ1n) is 11.1. The molecule has 0 amide bonds. The molecule has 35 heavy (non-hydrogen) atoms. The number of anilines is 1. The number of ether oxygens (including phenoxy) is 3. The van der Waals surface area contributed by atoms with Crippen molar-refractivity contribution in [3.05, 3.63) is 78.1 Å². The SMILES string of the molecule is COc1ccc(COc2ccc(Cn3c(N)nc4ccc(-c5cnn(C)c5)nc43)cc2OC)cc1. The van der Waals surface area contributed by atoms with Crippen LogP contribution in [0.15, 0.2) is 67.0 Å². The molecule has 0 aliphatic rings. The molecule has 0 saturated heterocycles. The van der Waals surface area contributed by atoms with E-state index in [1.807, 2.05) is 72.4 Å². The van der Waals surface area contributed by atoms with Gasteiger partial charge in [-0.1, -0.05) is 18.2 Å². The zero-order valence-corrected chi connectivity index (χ0v) is 19.8. The average Bonchev–Trinajstić information content (AvgIpc) is 3.45. The molecule has 0 spiro atoms. The largest absolute Gasteiger partial charge is 0.497 e. The Hall–Kier alpha value is -4.53. The minimum absolute atomic E-state index is 0.398. The minimum Gasteiger partial charge on any atom is -0.497 e. The number of pyridine rings is 1. The first-order valence-corrected chi connectivity index (χ1v) is 11.1. The van der Waals surface area contributed by atoms with E-state index in [2.05, 4.69) is 10.1 Å². The second-order valence-electron chi connectivity index (χ2n) is 8.12. The fourth-order valence-corrected chi connectivity index (χ4v) is 3.88. The van der Waals surface area contributed by atoms with Crippen molar-refractivity contribution in [2.24, 2.45) is 7.05 Å². The van der Waals surface area contributed by atoms with Gasteiger partial charge in [0.25, 0.3) is 0 Å². The van der Waals surface area contributed by atoms with Gasteiger partial charge in [-0.15, -0.1) is 0 Å². The summed E-state index contributed by atoms with van der Waals surface area (Å²) in [6.07, 6.45) is 3.71. The first-order chi connectivity index (χ1) is 17.0. The lowest BCUT2D eigenvalue weighted by Crippen LogP contribution is -2.06. The van der Waals surface area contributed by atoms with Crippen LogP contribution in [0.2, 0.25) is 0 Å². The number of aromatic nitrogens is 5. The standard InChI is InChI=1S/C26H26N6O3/c1-31-15-19(13-28-31)21-9-10-22-25(29-21)32(26(27)30-22)14-18-6-11-23(24(12-18)34-3)35-16-17-4-7-20(33-2)8-5-17/h4-13,15H,14,16H2,1-3H3,(H2,27,30). The van der Waals surface area contributed by atoms with Crippen molar-refractivity contribution in [3.8, 4) is 28.5 Å². The van der Waals surface area contributed by atoms with Crippen LogP contribution in [-0.4, -0.2) is 38.5 Å². The van der Waals surface area contributed by atoms with Crippen LogP contribution < -0.4 is 19.9 Å². The zero-order valence-electron chi connectivity index (χ0n) is 19.8. The molecule has 9 nitrogen and oxygen atoms in total. The summed E-state index contributed by atoms with van der Waals surface area (Å²) >= 11 is 0. The Bertz CT molecular complexity index is 1470. The molecule has 2 N–H and O–H groups in total. The summed E-state index contributed by atoms with van der Waals surface area (Å²) in [5, 5.41) is 4.24. The van der Waals surface area contributed by atoms with Crippen molar-refractivity contribution in [1.82, 2.24) is 24.3 Å². The van der Waals surface area contributed by atoms with Gasteiger partial charge in [0.1, 0.15) is 17.9 Å².